The number of nitrogens with zero attached hydrogens (tertiary/aromatic N) is 2. The van der Waals surface area contributed by atoms with Gasteiger partial charge >= 0.3 is 6.20 Å². The highest BCUT2D eigenvalue weighted by atomic mass is 32.2. The lowest BCUT2D eigenvalue weighted by atomic mass is 10.2. The summed E-state index contributed by atoms with van der Waals surface area (Å²) in [5.74, 6) is -0.1000. The second-order valence-electron chi connectivity index (χ2n) is 4.05. The number of aryl methyl sites for hydroxylation is 1. The molecule has 0 radical (unpaired) electrons. The van der Waals surface area contributed by atoms with E-state index in [4.69, 9.17) is 10.5 Å². The third kappa shape index (κ3) is 5.07. The fourth-order valence-corrected chi connectivity index (χ4v) is 2.48. The number of allylic oxidation sites excluding steroid dienone is 1. The van der Waals surface area contributed by atoms with Gasteiger partial charge in [0.25, 0.3) is 0 Å². The summed E-state index contributed by atoms with van der Waals surface area (Å²) in [6.07, 6.45) is 1.55. The monoisotopic (exact) mass is 282 g/mol. The molecule has 0 aliphatic heterocycles. The zero-order chi connectivity index (χ0) is 14.3. The molecule has 0 unspecified atom stereocenters. The van der Waals surface area contributed by atoms with Gasteiger partial charge in [-0.3, -0.25) is 0 Å². The van der Waals surface area contributed by atoms with Gasteiger partial charge in [0.15, 0.2) is 10.7 Å². The summed E-state index contributed by atoms with van der Waals surface area (Å²) in [6, 6.07) is 6.54. The molecular formula is C12H16N3O3S+. The molecular weight excluding hydrogens is 266 g/mol. The van der Waals surface area contributed by atoms with Gasteiger partial charge in [-0.25, -0.2) is 13.1 Å². The number of benzene rings is 1. The van der Waals surface area contributed by atoms with Crippen LogP contribution in [0.5, 0.6) is 0 Å². The van der Waals surface area contributed by atoms with Crippen molar-refractivity contribution in [3.63, 3.8) is 0 Å². The standard InChI is InChI=1S/C12H15N3O3S/c1-10-4-6-12(7-5-10)19(17,18)15-8-2-3-11(16)9-14-13/h4-7,9,15H,2-3,8H2,1H3/p+1. The normalized spacial score (nSPS) is 12.1. The van der Waals surface area contributed by atoms with Crippen LogP contribution in [0.25, 0.3) is 4.98 Å². The highest BCUT2D eigenvalue weighted by molar-refractivity contribution is 7.89. The molecule has 0 aliphatic carbocycles. The Balaban J connectivity index is 2.51. The molecule has 0 aliphatic rings. The minimum Gasteiger partial charge on any atom is -0.505 e. The number of rotatable bonds is 6. The fourth-order valence-electron chi connectivity index (χ4n) is 1.41. The van der Waals surface area contributed by atoms with Crippen LogP contribution in [-0.2, 0) is 10.0 Å². The molecule has 19 heavy (non-hydrogen) atoms. The van der Waals surface area contributed by atoms with E-state index in [-0.39, 0.29) is 23.6 Å². The number of hydrogen-bond acceptors (Lipinski definition) is 4. The van der Waals surface area contributed by atoms with E-state index in [0.29, 0.717) is 6.42 Å². The number of diazo groups is 1. The van der Waals surface area contributed by atoms with Crippen LogP contribution in [-0.4, -0.2) is 20.1 Å². The van der Waals surface area contributed by atoms with E-state index in [2.05, 4.69) is 9.70 Å². The number of nitrogens with one attached hydrogen (secondary N) is 1. The van der Waals surface area contributed by atoms with E-state index in [1.165, 1.54) is 0 Å². The smallest absolute Gasteiger partial charge is 0.387 e. The maximum Gasteiger partial charge on any atom is 0.387 e. The molecule has 0 spiro atoms. The summed E-state index contributed by atoms with van der Waals surface area (Å²) in [6.45, 7) is 2.07. The lowest BCUT2D eigenvalue weighted by Crippen LogP contribution is -2.24. The Labute approximate surface area is 112 Å². The van der Waals surface area contributed by atoms with Crippen molar-refractivity contribution in [2.24, 2.45) is 0 Å². The molecule has 0 atom stereocenters. The average molecular weight is 282 g/mol. The van der Waals surface area contributed by atoms with Crippen molar-refractivity contribution < 1.29 is 13.5 Å². The first-order valence-corrected chi connectivity index (χ1v) is 7.22. The molecule has 1 aromatic rings. The Morgan fingerprint density at radius 1 is 1.42 bits per heavy atom. The summed E-state index contributed by atoms with van der Waals surface area (Å²) in [5, 5.41) is 17.3. The molecule has 102 valence electrons. The molecule has 0 bridgehead atoms. The van der Waals surface area contributed by atoms with E-state index >= 15 is 0 Å². The van der Waals surface area contributed by atoms with Crippen molar-refractivity contribution in [1.29, 1.82) is 5.39 Å². The summed E-state index contributed by atoms with van der Waals surface area (Å²) in [5.41, 5.74) is 0.988. The van der Waals surface area contributed by atoms with Gasteiger partial charge in [0.05, 0.1) is 4.90 Å². The Bertz CT molecular complexity index is 586. The van der Waals surface area contributed by atoms with Gasteiger partial charge < -0.3 is 5.11 Å². The quantitative estimate of drug-likeness (QED) is 0.475. The summed E-state index contributed by atoms with van der Waals surface area (Å²) < 4.78 is 26.2. The molecule has 0 aromatic heterocycles. The van der Waals surface area contributed by atoms with E-state index < -0.39 is 10.0 Å². The summed E-state index contributed by atoms with van der Waals surface area (Å²) in [4.78, 5) is 2.88. The number of aliphatic hydroxyl groups is 1. The van der Waals surface area contributed by atoms with Gasteiger partial charge in [0.1, 0.15) is 0 Å². The molecule has 0 saturated carbocycles. The SMILES string of the molecule is Cc1ccc(S(=O)(=O)NCCCC(O)=C[N+]#N)cc1. The molecule has 7 heteroatoms. The van der Waals surface area contributed by atoms with Crippen LogP contribution in [0, 0.1) is 12.3 Å². The van der Waals surface area contributed by atoms with Crippen LogP contribution >= 0.6 is 0 Å². The Morgan fingerprint density at radius 3 is 2.63 bits per heavy atom. The summed E-state index contributed by atoms with van der Waals surface area (Å²) >= 11 is 0. The van der Waals surface area contributed by atoms with Crippen LogP contribution in [0.4, 0.5) is 0 Å². The number of hydrogen-bond donors (Lipinski definition) is 2. The summed E-state index contributed by atoms with van der Waals surface area (Å²) in [7, 11) is -3.51. The number of sulfonamides is 1. The fraction of sp³-hybridized carbons (Fsp3) is 0.333. The Morgan fingerprint density at radius 2 is 2.05 bits per heavy atom. The molecule has 0 amide bonds. The highest BCUT2D eigenvalue weighted by Crippen LogP contribution is 2.10. The van der Waals surface area contributed by atoms with E-state index in [1.807, 2.05) is 6.92 Å². The van der Waals surface area contributed by atoms with Crippen LogP contribution in [0.15, 0.2) is 41.1 Å². The van der Waals surface area contributed by atoms with Crippen molar-refractivity contribution in [2.75, 3.05) is 6.54 Å². The molecule has 0 fully saturated rings. The van der Waals surface area contributed by atoms with Gasteiger partial charge in [-0.1, -0.05) is 17.7 Å². The zero-order valence-corrected chi connectivity index (χ0v) is 11.4. The van der Waals surface area contributed by atoms with Crippen LogP contribution in [0.1, 0.15) is 18.4 Å². The van der Waals surface area contributed by atoms with E-state index in [1.54, 1.807) is 24.3 Å². The van der Waals surface area contributed by atoms with Crippen molar-refractivity contribution in [3.05, 3.63) is 46.8 Å². The first-order chi connectivity index (χ1) is 8.95. The van der Waals surface area contributed by atoms with Gasteiger partial charge in [0.2, 0.25) is 15.4 Å². The van der Waals surface area contributed by atoms with Gasteiger partial charge in [-0.2, -0.15) is 0 Å². The topological polar surface area (TPSA) is 94.6 Å². The molecule has 1 aromatic carbocycles. The third-order valence-electron chi connectivity index (χ3n) is 2.44. The Kier molecular flexibility index (Phi) is 5.48. The maximum atomic E-state index is 11.9. The first-order valence-electron chi connectivity index (χ1n) is 5.74. The van der Waals surface area contributed by atoms with Crippen molar-refractivity contribution in [1.82, 2.24) is 4.72 Å². The lowest BCUT2D eigenvalue weighted by Gasteiger charge is -2.06. The van der Waals surface area contributed by atoms with Crippen molar-refractivity contribution in [2.45, 2.75) is 24.7 Å². The molecule has 0 saturated heterocycles. The molecule has 0 heterocycles. The number of aliphatic hydroxyl groups excluding tert-OH is 1. The lowest BCUT2D eigenvalue weighted by molar-refractivity contribution is 0.383. The van der Waals surface area contributed by atoms with Crippen molar-refractivity contribution >= 4 is 10.0 Å². The van der Waals surface area contributed by atoms with Gasteiger partial charge in [-0.05, 0) is 25.5 Å². The van der Waals surface area contributed by atoms with E-state index in [9.17, 15) is 8.42 Å². The minimum atomic E-state index is -3.51. The molecule has 1 rings (SSSR count). The molecule has 2 N–H and O–H groups in total. The second kappa shape index (κ2) is 6.87. The Hall–Kier alpha value is -1.91. The van der Waals surface area contributed by atoms with Crippen LogP contribution < -0.4 is 4.72 Å². The van der Waals surface area contributed by atoms with Crippen LogP contribution in [0.2, 0.25) is 0 Å². The van der Waals surface area contributed by atoms with Gasteiger partial charge in [-0.15, -0.1) is 0 Å². The second-order valence-corrected chi connectivity index (χ2v) is 5.82. The average Bonchev–Trinajstić information content (AvgIpc) is 2.36. The predicted octanol–water partition coefficient (Wildman–Crippen LogP) is 2.31. The van der Waals surface area contributed by atoms with Crippen molar-refractivity contribution in [3.8, 4) is 0 Å². The predicted molar refractivity (Wildman–Crippen MR) is 71.4 cm³/mol. The molecule has 6 nitrogen and oxygen atoms in total. The van der Waals surface area contributed by atoms with Gasteiger partial charge in [0, 0.05) is 13.0 Å². The van der Waals surface area contributed by atoms with Crippen LogP contribution in [0.3, 0.4) is 0 Å². The third-order valence-corrected chi connectivity index (χ3v) is 3.92. The largest absolute Gasteiger partial charge is 0.505 e. The highest BCUT2D eigenvalue weighted by Gasteiger charge is 2.12. The minimum absolute atomic E-state index is 0.1000. The zero-order valence-electron chi connectivity index (χ0n) is 10.6. The van der Waals surface area contributed by atoms with E-state index in [0.717, 1.165) is 11.8 Å². The maximum absolute atomic E-state index is 11.9. The first kappa shape index (κ1) is 15.1.